The molecule has 0 heterocycles. The lowest BCUT2D eigenvalue weighted by molar-refractivity contribution is 1.44. The van der Waals surface area contributed by atoms with Crippen molar-refractivity contribution in [1.82, 2.24) is 0 Å². The van der Waals surface area contributed by atoms with Crippen molar-refractivity contribution in [3.8, 4) is 12.1 Å². The van der Waals surface area contributed by atoms with E-state index in [0.717, 1.165) is 0 Å². The SMILES string of the molecule is N#C[C](Cl)C#N. The Kier molecular flexibility index (Phi) is 2.20. The van der Waals surface area contributed by atoms with E-state index in [1.165, 1.54) is 12.1 Å². The van der Waals surface area contributed by atoms with Gasteiger partial charge in [0, 0.05) is 0 Å². The van der Waals surface area contributed by atoms with E-state index in [1.54, 1.807) is 0 Å². The second-order valence-corrected chi connectivity index (χ2v) is 0.916. The average molecular weight is 99.5 g/mol. The Hall–Kier alpha value is -0.730. The largest absolute Gasteiger partial charge is 0.261 e. The maximum absolute atomic E-state index is 7.69. The van der Waals surface area contributed by atoms with Crippen LogP contribution in [0.2, 0.25) is 0 Å². The van der Waals surface area contributed by atoms with Gasteiger partial charge in [0.2, 0.25) is 0 Å². The van der Waals surface area contributed by atoms with Crippen molar-refractivity contribution in [3.63, 3.8) is 0 Å². The highest BCUT2D eigenvalue weighted by Crippen LogP contribution is 1.97. The van der Waals surface area contributed by atoms with Crippen molar-refractivity contribution in [2.45, 2.75) is 0 Å². The minimum atomic E-state index is -0.324. The second-order valence-electron chi connectivity index (χ2n) is 0.538. The van der Waals surface area contributed by atoms with Crippen LogP contribution < -0.4 is 0 Å². The molecule has 6 heavy (non-hydrogen) atoms. The van der Waals surface area contributed by atoms with Crippen LogP contribution in [0.5, 0.6) is 0 Å². The van der Waals surface area contributed by atoms with Gasteiger partial charge in [-0.1, -0.05) is 11.6 Å². The van der Waals surface area contributed by atoms with Crippen LogP contribution in [0.4, 0.5) is 0 Å². The van der Waals surface area contributed by atoms with Gasteiger partial charge in [0.15, 0.2) is 0 Å². The van der Waals surface area contributed by atoms with Gasteiger partial charge in [-0.3, -0.25) is 0 Å². The lowest BCUT2D eigenvalue weighted by Gasteiger charge is -1.66. The van der Waals surface area contributed by atoms with E-state index < -0.39 is 0 Å². The van der Waals surface area contributed by atoms with Gasteiger partial charge in [0.25, 0.3) is 5.38 Å². The van der Waals surface area contributed by atoms with Crippen LogP contribution in [0.3, 0.4) is 0 Å². The van der Waals surface area contributed by atoms with E-state index in [-0.39, 0.29) is 5.38 Å². The Balaban J connectivity index is 3.40. The summed E-state index contributed by atoms with van der Waals surface area (Å²) in [6, 6.07) is 2.87. The Morgan fingerprint density at radius 2 is 1.67 bits per heavy atom. The topological polar surface area (TPSA) is 47.6 Å². The van der Waals surface area contributed by atoms with Gasteiger partial charge in [-0.2, -0.15) is 10.5 Å². The third-order valence-corrected chi connectivity index (χ3v) is 0.365. The molecule has 0 aromatic rings. The highest BCUT2D eigenvalue weighted by molar-refractivity contribution is 6.31. The zero-order chi connectivity index (χ0) is 4.99. The standard InChI is InChI=1S/C3ClN2/c4-3(1-5)2-6. The number of hydrogen-bond donors (Lipinski definition) is 0. The van der Waals surface area contributed by atoms with Crippen LogP contribution in [0, 0.1) is 28.0 Å². The molecule has 0 saturated heterocycles. The summed E-state index contributed by atoms with van der Waals surface area (Å²) < 4.78 is 0. The highest BCUT2D eigenvalue weighted by Gasteiger charge is 1.95. The third kappa shape index (κ3) is 1.58. The number of rotatable bonds is 0. The Morgan fingerprint density at radius 3 is 1.67 bits per heavy atom. The molecule has 3 heteroatoms. The zero-order valence-corrected chi connectivity index (χ0v) is 3.53. The molecule has 0 aliphatic rings. The molecule has 0 N–H and O–H groups in total. The van der Waals surface area contributed by atoms with E-state index in [9.17, 15) is 0 Å². The summed E-state index contributed by atoms with van der Waals surface area (Å²) in [5.74, 6) is 0. The van der Waals surface area contributed by atoms with Crippen molar-refractivity contribution in [1.29, 1.82) is 10.5 Å². The molecule has 0 atom stereocenters. The molecule has 0 saturated carbocycles. The highest BCUT2D eigenvalue weighted by atomic mass is 35.5. The summed E-state index contributed by atoms with van der Waals surface area (Å²) in [5.41, 5.74) is 0. The molecule has 0 aromatic carbocycles. The summed E-state index contributed by atoms with van der Waals surface area (Å²) in [5, 5.41) is 15.1. The zero-order valence-electron chi connectivity index (χ0n) is 2.77. The second kappa shape index (κ2) is 2.50. The molecule has 0 aliphatic carbocycles. The summed E-state index contributed by atoms with van der Waals surface area (Å²) in [4.78, 5) is 0. The first-order valence-corrected chi connectivity index (χ1v) is 1.51. The monoisotopic (exact) mass is 99.0 g/mol. The fraction of sp³-hybridized carbons (Fsp3) is 0. The summed E-state index contributed by atoms with van der Waals surface area (Å²) >= 11 is 4.84. The Labute approximate surface area is 40.6 Å². The van der Waals surface area contributed by atoms with E-state index in [4.69, 9.17) is 22.1 Å². The van der Waals surface area contributed by atoms with Crippen molar-refractivity contribution in [2.24, 2.45) is 0 Å². The molecule has 0 unspecified atom stereocenters. The fourth-order valence-corrected chi connectivity index (χ4v) is 0.0250. The summed E-state index contributed by atoms with van der Waals surface area (Å²) in [7, 11) is 0. The van der Waals surface area contributed by atoms with Crippen LogP contribution in [0.25, 0.3) is 0 Å². The number of hydrogen-bond acceptors (Lipinski definition) is 2. The molecule has 0 bridgehead atoms. The van der Waals surface area contributed by atoms with E-state index >= 15 is 0 Å². The number of nitriles is 2. The molecule has 29 valence electrons. The lowest BCUT2D eigenvalue weighted by Crippen LogP contribution is -1.68. The maximum atomic E-state index is 7.69. The molecular weight excluding hydrogens is 99.5 g/mol. The van der Waals surface area contributed by atoms with Gasteiger partial charge in [0.05, 0.1) is 0 Å². The van der Waals surface area contributed by atoms with E-state index in [2.05, 4.69) is 0 Å². The van der Waals surface area contributed by atoms with Gasteiger partial charge >= 0.3 is 0 Å². The first kappa shape index (κ1) is 5.27. The van der Waals surface area contributed by atoms with Crippen LogP contribution >= 0.6 is 11.6 Å². The smallest absolute Gasteiger partial charge is 0.195 e. The molecule has 0 rings (SSSR count). The number of nitrogens with zero attached hydrogens (tertiary/aromatic N) is 2. The van der Waals surface area contributed by atoms with Gasteiger partial charge in [-0.25, -0.2) is 0 Å². The first-order chi connectivity index (χ1) is 2.81. The van der Waals surface area contributed by atoms with Crippen LogP contribution in [0.1, 0.15) is 0 Å². The lowest BCUT2D eigenvalue weighted by atomic mass is 10.5. The van der Waals surface area contributed by atoms with Crippen LogP contribution in [-0.2, 0) is 0 Å². The van der Waals surface area contributed by atoms with Gasteiger partial charge in [0.1, 0.15) is 12.1 Å². The minimum Gasteiger partial charge on any atom is -0.195 e. The van der Waals surface area contributed by atoms with Crippen molar-refractivity contribution in [2.75, 3.05) is 0 Å². The minimum absolute atomic E-state index is 0.324. The van der Waals surface area contributed by atoms with E-state index in [0.29, 0.717) is 0 Å². The number of halogens is 1. The van der Waals surface area contributed by atoms with Gasteiger partial charge < -0.3 is 0 Å². The maximum Gasteiger partial charge on any atom is 0.261 e. The van der Waals surface area contributed by atoms with Crippen molar-refractivity contribution < 1.29 is 0 Å². The molecular formula is C3ClN2. The van der Waals surface area contributed by atoms with Crippen LogP contribution in [0.15, 0.2) is 0 Å². The summed E-state index contributed by atoms with van der Waals surface area (Å²) in [6.07, 6.45) is 0. The van der Waals surface area contributed by atoms with Gasteiger partial charge in [-0.05, 0) is 0 Å². The molecule has 1 radical (unpaired) electrons. The molecule has 0 fully saturated rings. The normalized spacial score (nSPS) is 6.67. The Morgan fingerprint density at radius 1 is 1.33 bits per heavy atom. The Bertz CT molecular complexity index is 92.9. The summed E-state index contributed by atoms with van der Waals surface area (Å²) in [6.45, 7) is 0. The van der Waals surface area contributed by atoms with E-state index in [1.807, 2.05) is 0 Å². The first-order valence-electron chi connectivity index (χ1n) is 1.14. The molecule has 0 aliphatic heterocycles. The molecule has 0 amide bonds. The average Bonchev–Trinajstić information content (AvgIpc) is 1.65. The third-order valence-electron chi connectivity index (χ3n) is 0.196. The fourth-order valence-electron chi connectivity index (χ4n) is 0.0250. The van der Waals surface area contributed by atoms with Crippen molar-refractivity contribution >= 4 is 11.6 Å². The predicted octanol–water partition coefficient (Wildman–Crippen LogP) is 0.804. The van der Waals surface area contributed by atoms with Gasteiger partial charge in [-0.15, -0.1) is 0 Å². The molecule has 0 spiro atoms. The quantitative estimate of drug-likeness (QED) is 0.451. The predicted molar refractivity (Wildman–Crippen MR) is 20.3 cm³/mol. The molecule has 0 aromatic heterocycles. The van der Waals surface area contributed by atoms with Crippen molar-refractivity contribution in [3.05, 3.63) is 5.38 Å². The van der Waals surface area contributed by atoms with Crippen LogP contribution in [-0.4, -0.2) is 0 Å². The molecule has 2 nitrogen and oxygen atoms in total.